The Bertz CT molecular complexity index is 245. The van der Waals surface area contributed by atoms with E-state index in [9.17, 15) is 5.11 Å². The Hall–Kier alpha value is -0.120. The summed E-state index contributed by atoms with van der Waals surface area (Å²) < 4.78 is 5.42. The van der Waals surface area contributed by atoms with Crippen LogP contribution in [0, 0.1) is 0 Å². The maximum Gasteiger partial charge on any atom is 0.0719 e. The fourth-order valence-electron chi connectivity index (χ4n) is 2.62. The van der Waals surface area contributed by atoms with Gasteiger partial charge in [0.15, 0.2) is 0 Å². The Kier molecular flexibility index (Phi) is 5.63. The molecule has 1 fully saturated rings. The third kappa shape index (κ3) is 4.22. The number of aliphatic hydroxyl groups excluding tert-OH is 1. The van der Waals surface area contributed by atoms with E-state index in [0.717, 1.165) is 25.9 Å². The van der Waals surface area contributed by atoms with E-state index in [4.69, 9.17) is 4.74 Å². The third-order valence-electron chi connectivity index (χ3n) is 4.56. The van der Waals surface area contributed by atoms with E-state index in [0.29, 0.717) is 0 Å². The van der Waals surface area contributed by atoms with Crippen molar-refractivity contribution in [2.24, 2.45) is 0 Å². The van der Waals surface area contributed by atoms with Crippen LogP contribution in [-0.4, -0.2) is 47.4 Å². The van der Waals surface area contributed by atoms with Crippen molar-refractivity contribution in [3.8, 4) is 0 Å². The van der Waals surface area contributed by atoms with Crippen LogP contribution < -0.4 is 0 Å². The van der Waals surface area contributed by atoms with Gasteiger partial charge < -0.3 is 9.84 Å². The summed E-state index contributed by atoms with van der Waals surface area (Å²) >= 11 is 0. The second kappa shape index (κ2) is 6.36. The highest BCUT2D eigenvalue weighted by atomic mass is 16.5. The standard InChI is InChI=1S/C15H31NO2/c1-14(2,18-5)10-9-13(17)15(3,4)16-11-7-6-8-12-16/h13,17H,6-12H2,1-5H3. The van der Waals surface area contributed by atoms with E-state index >= 15 is 0 Å². The van der Waals surface area contributed by atoms with Gasteiger partial charge in [0, 0.05) is 12.6 Å². The first-order chi connectivity index (χ1) is 8.29. The van der Waals surface area contributed by atoms with Gasteiger partial charge in [-0.25, -0.2) is 0 Å². The van der Waals surface area contributed by atoms with Gasteiger partial charge in [-0.3, -0.25) is 4.90 Å². The van der Waals surface area contributed by atoms with Gasteiger partial charge in [-0.1, -0.05) is 6.42 Å². The number of hydrogen-bond donors (Lipinski definition) is 1. The quantitative estimate of drug-likeness (QED) is 0.794. The molecule has 1 aliphatic rings. The van der Waals surface area contributed by atoms with Crippen LogP contribution in [0.3, 0.4) is 0 Å². The van der Waals surface area contributed by atoms with Gasteiger partial charge in [-0.15, -0.1) is 0 Å². The first-order valence-electron chi connectivity index (χ1n) is 7.28. The molecule has 0 aromatic rings. The molecule has 108 valence electrons. The molecule has 1 aliphatic heterocycles. The predicted molar refractivity (Wildman–Crippen MR) is 75.8 cm³/mol. The van der Waals surface area contributed by atoms with Gasteiger partial charge >= 0.3 is 0 Å². The summed E-state index contributed by atoms with van der Waals surface area (Å²) in [6.45, 7) is 10.7. The van der Waals surface area contributed by atoms with Crippen LogP contribution in [0.1, 0.15) is 59.8 Å². The number of hydrogen-bond acceptors (Lipinski definition) is 3. The van der Waals surface area contributed by atoms with Crippen LogP contribution in [0.4, 0.5) is 0 Å². The van der Waals surface area contributed by atoms with Gasteiger partial charge in [0.25, 0.3) is 0 Å². The molecule has 0 radical (unpaired) electrons. The summed E-state index contributed by atoms with van der Waals surface area (Å²) in [7, 11) is 1.74. The van der Waals surface area contributed by atoms with E-state index in [1.807, 2.05) is 0 Å². The van der Waals surface area contributed by atoms with E-state index in [2.05, 4.69) is 32.6 Å². The summed E-state index contributed by atoms with van der Waals surface area (Å²) in [5.41, 5.74) is -0.261. The summed E-state index contributed by atoms with van der Waals surface area (Å²) in [6.07, 6.45) is 5.26. The second-order valence-corrected chi connectivity index (χ2v) is 6.72. The Morgan fingerprint density at radius 2 is 1.67 bits per heavy atom. The van der Waals surface area contributed by atoms with Crippen LogP contribution in [0.5, 0.6) is 0 Å². The highest BCUT2D eigenvalue weighted by Gasteiger charge is 2.35. The highest BCUT2D eigenvalue weighted by Crippen LogP contribution is 2.28. The molecule has 1 heterocycles. The molecule has 0 saturated carbocycles. The molecule has 0 amide bonds. The lowest BCUT2D eigenvalue weighted by Crippen LogP contribution is -2.54. The van der Waals surface area contributed by atoms with Crippen LogP contribution in [0.2, 0.25) is 0 Å². The Morgan fingerprint density at radius 3 is 2.17 bits per heavy atom. The highest BCUT2D eigenvalue weighted by molar-refractivity contribution is 4.91. The van der Waals surface area contributed by atoms with Crippen molar-refractivity contribution in [3.63, 3.8) is 0 Å². The largest absolute Gasteiger partial charge is 0.391 e. The minimum absolute atomic E-state index is 0.121. The van der Waals surface area contributed by atoms with Crippen molar-refractivity contribution < 1.29 is 9.84 Å². The average molecular weight is 257 g/mol. The molecule has 0 aromatic carbocycles. The van der Waals surface area contributed by atoms with Gasteiger partial charge in [0.2, 0.25) is 0 Å². The van der Waals surface area contributed by atoms with E-state index in [1.165, 1.54) is 19.3 Å². The number of nitrogens with zero attached hydrogens (tertiary/aromatic N) is 1. The molecule has 1 unspecified atom stereocenters. The fraction of sp³-hybridized carbons (Fsp3) is 1.00. The summed E-state index contributed by atoms with van der Waals surface area (Å²) in [4.78, 5) is 2.45. The number of methoxy groups -OCH3 is 1. The van der Waals surface area contributed by atoms with Crippen molar-refractivity contribution in [2.45, 2.75) is 77.0 Å². The Morgan fingerprint density at radius 1 is 1.11 bits per heavy atom. The molecule has 1 atom stereocenters. The summed E-state index contributed by atoms with van der Waals surface area (Å²) in [5.74, 6) is 0. The molecule has 0 aliphatic carbocycles. The number of likely N-dealkylation sites (tertiary alicyclic amines) is 1. The number of rotatable bonds is 6. The zero-order valence-electron chi connectivity index (χ0n) is 12.8. The Balaban J connectivity index is 2.50. The second-order valence-electron chi connectivity index (χ2n) is 6.72. The lowest BCUT2D eigenvalue weighted by atomic mass is 9.87. The summed E-state index contributed by atoms with van der Waals surface area (Å²) in [5, 5.41) is 10.5. The smallest absolute Gasteiger partial charge is 0.0719 e. The average Bonchev–Trinajstić information content (AvgIpc) is 2.37. The van der Waals surface area contributed by atoms with Crippen molar-refractivity contribution >= 4 is 0 Å². The number of piperidine rings is 1. The molecule has 0 spiro atoms. The van der Waals surface area contributed by atoms with Crippen molar-refractivity contribution in [1.82, 2.24) is 4.90 Å². The molecule has 18 heavy (non-hydrogen) atoms. The van der Waals surface area contributed by atoms with E-state index in [-0.39, 0.29) is 17.2 Å². The number of ether oxygens (including phenoxy) is 1. The molecular weight excluding hydrogens is 226 g/mol. The lowest BCUT2D eigenvalue weighted by Gasteiger charge is -2.44. The summed E-state index contributed by atoms with van der Waals surface area (Å²) in [6, 6.07) is 0. The lowest BCUT2D eigenvalue weighted by molar-refractivity contribution is -0.0443. The predicted octanol–water partition coefficient (Wildman–Crippen LogP) is 2.82. The van der Waals surface area contributed by atoms with E-state index in [1.54, 1.807) is 7.11 Å². The van der Waals surface area contributed by atoms with Crippen LogP contribution >= 0.6 is 0 Å². The molecule has 1 rings (SSSR count). The maximum absolute atomic E-state index is 10.5. The maximum atomic E-state index is 10.5. The van der Waals surface area contributed by atoms with Gasteiger partial charge in [0.1, 0.15) is 0 Å². The molecule has 3 heteroatoms. The first-order valence-corrected chi connectivity index (χ1v) is 7.28. The first kappa shape index (κ1) is 15.9. The normalized spacial score (nSPS) is 21.0. The van der Waals surface area contributed by atoms with Crippen LogP contribution in [0.25, 0.3) is 0 Å². The fourth-order valence-corrected chi connectivity index (χ4v) is 2.62. The zero-order chi connectivity index (χ0) is 13.8. The Labute approximate surface area is 113 Å². The molecule has 0 aromatic heterocycles. The molecule has 0 bridgehead atoms. The van der Waals surface area contributed by atoms with Crippen molar-refractivity contribution in [2.75, 3.05) is 20.2 Å². The van der Waals surface area contributed by atoms with Crippen LogP contribution in [0.15, 0.2) is 0 Å². The monoisotopic (exact) mass is 257 g/mol. The minimum atomic E-state index is -0.287. The molecule has 3 nitrogen and oxygen atoms in total. The molecule has 1 saturated heterocycles. The number of aliphatic hydroxyl groups is 1. The minimum Gasteiger partial charge on any atom is -0.391 e. The van der Waals surface area contributed by atoms with Crippen LogP contribution in [-0.2, 0) is 4.74 Å². The van der Waals surface area contributed by atoms with Gasteiger partial charge in [-0.2, -0.15) is 0 Å². The van der Waals surface area contributed by atoms with Crippen molar-refractivity contribution in [3.05, 3.63) is 0 Å². The third-order valence-corrected chi connectivity index (χ3v) is 4.56. The van der Waals surface area contributed by atoms with Gasteiger partial charge in [-0.05, 0) is 66.5 Å². The molecule has 1 N–H and O–H groups in total. The SMILES string of the molecule is COC(C)(C)CCC(O)C(C)(C)N1CCCCC1. The van der Waals surface area contributed by atoms with Crippen molar-refractivity contribution in [1.29, 1.82) is 0 Å². The van der Waals surface area contributed by atoms with Gasteiger partial charge in [0.05, 0.1) is 11.7 Å². The topological polar surface area (TPSA) is 32.7 Å². The zero-order valence-corrected chi connectivity index (χ0v) is 12.8. The molecular formula is C15H31NO2. The van der Waals surface area contributed by atoms with E-state index < -0.39 is 0 Å².